The third-order valence-electron chi connectivity index (χ3n) is 4.14. The molecule has 0 bridgehead atoms. The minimum atomic E-state index is -0.692. The Morgan fingerprint density at radius 3 is 2.20 bits per heavy atom. The number of hydrogen-bond acceptors (Lipinski definition) is 3. The highest BCUT2D eigenvalue weighted by Gasteiger charge is 2.42. The lowest BCUT2D eigenvalue weighted by atomic mass is 10.1. The van der Waals surface area contributed by atoms with Gasteiger partial charge in [-0.1, -0.05) is 73.7 Å². The van der Waals surface area contributed by atoms with Crippen molar-refractivity contribution >= 4 is 0 Å². The van der Waals surface area contributed by atoms with Crippen molar-refractivity contribution < 1.29 is 9.47 Å². The fourth-order valence-corrected chi connectivity index (χ4v) is 2.79. The Bertz CT molecular complexity index is 689. The van der Waals surface area contributed by atoms with Gasteiger partial charge in [0.15, 0.2) is 0 Å². The molecule has 130 valence electrons. The van der Waals surface area contributed by atoms with Crippen molar-refractivity contribution in [2.24, 2.45) is 0 Å². The molecule has 2 atom stereocenters. The maximum Gasteiger partial charge on any atom is 0.213 e. The first-order valence-electron chi connectivity index (χ1n) is 8.65. The van der Waals surface area contributed by atoms with Crippen molar-refractivity contribution in [1.82, 2.24) is 9.55 Å². The standard InChI is InChI=1S/C15H18N2O2.C6H6/c1-2-14-10-18-15(19-14,11-17-9-8-16-12-17)13-6-4-3-5-7-13;1-2-4-6-5-3-1/h3-9,12,14H,2,10-11H2,1H3;1-6H. The van der Waals surface area contributed by atoms with Crippen LogP contribution in [0.4, 0.5) is 0 Å². The first-order valence-corrected chi connectivity index (χ1v) is 8.65. The predicted octanol–water partition coefficient (Wildman–Crippen LogP) is 4.25. The van der Waals surface area contributed by atoms with Crippen LogP contribution in [0, 0.1) is 0 Å². The number of nitrogens with zero attached hydrogens (tertiary/aromatic N) is 2. The van der Waals surface area contributed by atoms with Crippen LogP contribution in [-0.4, -0.2) is 22.3 Å². The summed E-state index contributed by atoms with van der Waals surface area (Å²) in [4.78, 5) is 4.08. The molecule has 1 saturated heterocycles. The third-order valence-corrected chi connectivity index (χ3v) is 4.14. The molecule has 2 heterocycles. The minimum absolute atomic E-state index is 0.156. The number of aromatic nitrogens is 2. The molecule has 1 fully saturated rings. The van der Waals surface area contributed by atoms with Crippen LogP contribution in [0.15, 0.2) is 85.5 Å². The maximum absolute atomic E-state index is 6.19. The van der Waals surface area contributed by atoms with E-state index in [1.54, 1.807) is 12.5 Å². The summed E-state index contributed by atoms with van der Waals surface area (Å²) >= 11 is 0. The highest BCUT2D eigenvalue weighted by molar-refractivity contribution is 5.21. The molecule has 2 aromatic carbocycles. The van der Waals surface area contributed by atoms with Crippen LogP contribution in [0.1, 0.15) is 18.9 Å². The SMILES string of the molecule is CCC1COC(Cn2ccnc2)(c2ccccc2)O1.c1ccccc1. The largest absolute Gasteiger partial charge is 0.342 e. The van der Waals surface area contributed by atoms with E-state index in [-0.39, 0.29) is 6.10 Å². The lowest BCUT2D eigenvalue weighted by Crippen LogP contribution is -2.33. The molecule has 4 heteroatoms. The Kier molecular flexibility index (Phi) is 5.99. The molecule has 25 heavy (non-hydrogen) atoms. The van der Waals surface area contributed by atoms with Gasteiger partial charge < -0.3 is 14.0 Å². The highest BCUT2D eigenvalue weighted by Crippen LogP contribution is 2.36. The van der Waals surface area contributed by atoms with Gasteiger partial charge in [0, 0.05) is 18.0 Å². The van der Waals surface area contributed by atoms with E-state index in [2.05, 4.69) is 24.0 Å². The summed E-state index contributed by atoms with van der Waals surface area (Å²) in [6.45, 7) is 3.37. The number of hydrogen-bond donors (Lipinski definition) is 0. The van der Waals surface area contributed by atoms with E-state index in [0.717, 1.165) is 12.0 Å². The summed E-state index contributed by atoms with van der Waals surface area (Å²) in [5, 5.41) is 0. The predicted molar refractivity (Wildman–Crippen MR) is 97.9 cm³/mol. The van der Waals surface area contributed by atoms with E-state index in [4.69, 9.17) is 9.47 Å². The van der Waals surface area contributed by atoms with Crippen LogP contribution < -0.4 is 0 Å². The number of rotatable bonds is 4. The summed E-state index contributed by atoms with van der Waals surface area (Å²) in [6, 6.07) is 22.1. The van der Waals surface area contributed by atoms with Gasteiger partial charge in [-0.05, 0) is 6.42 Å². The molecule has 0 spiro atoms. The Balaban J connectivity index is 0.000000258. The fraction of sp³-hybridized carbons (Fsp3) is 0.286. The number of imidazole rings is 1. The van der Waals surface area contributed by atoms with Gasteiger partial charge in [0.2, 0.25) is 5.79 Å². The van der Waals surface area contributed by atoms with Crippen LogP contribution in [-0.2, 0) is 21.8 Å². The molecule has 4 rings (SSSR count). The Morgan fingerprint density at radius 2 is 1.68 bits per heavy atom. The molecule has 1 aliphatic heterocycles. The van der Waals surface area contributed by atoms with Crippen LogP contribution in [0.3, 0.4) is 0 Å². The molecule has 0 saturated carbocycles. The van der Waals surface area contributed by atoms with E-state index < -0.39 is 5.79 Å². The number of ether oxygens (including phenoxy) is 2. The van der Waals surface area contributed by atoms with Crippen LogP contribution >= 0.6 is 0 Å². The van der Waals surface area contributed by atoms with Crippen molar-refractivity contribution in [3.8, 4) is 0 Å². The second kappa shape index (κ2) is 8.60. The van der Waals surface area contributed by atoms with Crippen LogP contribution in [0.25, 0.3) is 0 Å². The second-order valence-corrected chi connectivity index (χ2v) is 5.97. The molecule has 0 aliphatic carbocycles. The third kappa shape index (κ3) is 4.56. The van der Waals surface area contributed by atoms with E-state index in [1.165, 1.54) is 0 Å². The Labute approximate surface area is 149 Å². The molecule has 0 amide bonds. The zero-order valence-electron chi connectivity index (χ0n) is 14.5. The van der Waals surface area contributed by atoms with E-state index in [0.29, 0.717) is 13.2 Å². The summed E-state index contributed by atoms with van der Waals surface area (Å²) in [7, 11) is 0. The molecule has 0 N–H and O–H groups in total. The molecule has 3 aromatic rings. The van der Waals surface area contributed by atoms with Gasteiger partial charge in [0.25, 0.3) is 0 Å². The Hall–Kier alpha value is -2.43. The van der Waals surface area contributed by atoms with Crippen LogP contribution in [0.5, 0.6) is 0 Å². The first kappa shape index (κ1) is 17.4. The van der Waals surface area contributed by atoms with Crippen molar-refractivity contribution in [3.05, 3.63) is 91.0 Å². The van der Waals surface area contributed by atoms with Gasteiger partial charge in [-0.2, -0.15) is 0 Å². The number of benzene rings is 2. The van der Waals surface area contributed by atoms with Crippen molar-refractivity contribution in [1.29, 1.82) is 0 Å². The van der Waals surface area contributed by atoms with Gasteiger partial charge in [0.05, 0.1) is 25.6 Å². The molecular weight excluding hydrogens is 312 g/mol. The van der Waals surface area contributed by atoms with E-state index in [1.807, 2.05) is 65.4 Å². The molecule has 0 radical (unpaired) electrons. The zero-order chi connectivity index (χ0) is 17.4. The molecular formula is C21H24N2O2. The summed E-state index contributed by atoms with van der Waals surface area (Å²) in [6.07, 6.45) is 6.60. The van der Waals surface area contributed by atoms with Gasteiger partial charge >= 0.3 is 0 Å². The maximum atomic E-state index is 6.19. The monoisotopic (exact) mass is 336 g/mol. The summed E-state index contributed by atoms with van der Waals surface area (Å²) in [5.74, 6) is -0.692. The Morgan fingerprint density at radius 1 is 1.04 bits per heavy atom. The zero-order valence-corrected chi connectivity index (χ0v) is 14.5. The lowest BCUT2D eigenvalue weighted by molar-refractivity contribution is -0.187. The molecule has 1 aliphatic rings. The smallest absolute Gasteiger partial charge is 0.213 e. The first-order chi connectivity index (χ1) is 12.3. The topological polar surface area (TPSA) is 36.3 Å². The summed E-state index contributed by atoms with van der Waals surface area (Å²) < 4.78 is 14.2. The average Bonchev–Trinajstić information content (AvgIpc) is 3.35. The second-order valence-electron chi connectivity index (χ2n) is 5.97. The van der Waals surface area contributed by atoms with Crippen molar-refractivity contribution in [2.45, 2.75) is 31.8 Å². The van der Waals surface area contributed by atoms with E-state index in [9.17, 15) is 0 Å². The summed E-state index contributed by atoms with van der Waals surface area (Å²) in [5.41, 5.74) is 1.06. The molecule has 2 unspecified atom stereocenters. The lowest BCUT2D eigenvalue weighted by Gasteiger charge is -2.29. The highest BCUT2D eigenvalue weighted by atomic mass is 16.7. The molecule has 4 nitrogen and oxygen atoms in total. The van der Waals surface area contributed by atoms with Crippen LogP contribution in [0.2, 0.25) is 0 Å². The van der Waals surface area contributed by atoms with Gasteiger partial charge in [0.1, 0.15) is 0 Å². The van der Waals surface area contributed by atoms with Gasteiger partial charge in [-0.15, -0.1) is 0 Å². The quantitative estimate of drug-likeness (QED) is 0.715. The van der Waals surface area contributed by atoms with Crippen molar-refractivity contribution in [3.63, 3.8) is 0 Å². The minimum Gasteiger partial charge on any atom is -0.342 e. The molecule has 1 aromatic heterocycles. The van der Waals surface area contributed by atoms with Gasteiger partial charge in [-0.25, -0.2) is 4.98 Å². The van der Waals surface area contributed by atoms with Crippen molar-refractivity contribution in [2.75, 3.05) is 6.61 Å². The normalized spacial score (nSPS) is 22.2. The average molecular weight is 336 g/mol. The fourth-order valence-electron chi connectivity index (χ4n) is 2.79. The van der Waals surface area contributed by atoms with E-state index >= 15 is 0 Å². The van der Waals surface area contributed by atoms with Gasteiger partial charge in [-0.3, -0.25) is 0 Å².